The summed E-state index contributed by atoms with van der Waals surface area (Å²) >= 11 is 0. The standard InChI is InChI=1S/C16H24N6O5/c1-27-15(24)13(8-5-9-19-16(18)21-22(25)26)20-14(23)12(17)10-11-6-3-2-4-7-11/h2-4,6-7,12-13H,5,8-10,17H2,1H3,(H,20,23)(H3,18,19,21)/p+1/t12-,13+/m1/s1. The van der Waals surface area contributed by atoms with Crippen molar-refractivity contribution >= 4 is 17.8 Å². The summed E-state index contributed by atoms with van der Waals surface area (Å²) in [6.07, 6.45) is 1.10. The lowest BCUT2D eigenvalue weighted by atomic mass is 10.1. The normalized spacial score (nSPS) is 13.3. The molecule has 0 bridgehead atoms. The number of hydrazone groups is 1. The smallest absolute Gasteiger partial charge is 0.328 e. The quantitative estimate of drug-likeness (QED) is 0.0939. The molecule has 27 heavy (non-hydrogen) atoms. The van der Waals surface area contributed by atoms with E-state index in [1.165, 1.54) is 7.11 Å². The summed E-state index contributed by atoms with van der Waals surface area (Å²) in [5.74, 6) is -1.28. The van der Waals surface area contributed by atoms with Crippen LogP contribution >= 0.6 is 0 Å². The Labute approximate surface area is 156 Å². The molecule has 0 fully saturated rings. The fraction of sp³-hybridized carbons (Fsp3) is 0.438. The molecule has 0 unspecified atom stereocenters. The molecule has 0 aliphatic heterocycles. The fourth-order valence-electron chi connectivity index (χ4n) is 2.32. The maximum Gasteiger partial charge on any atom is 0.328 e. The highest BCUT2D eigenvalue weighted by atomic mass is 16.7. The predicted octanol–water partition coefficient (Wildman–Crippen LogP) is -1.63. The summed E-state index contributed by atoms with van der Waals surface area (Å²) in [6.45, 7) is 0.240. The molecule has 0 aliphatic rings. The van der Waals surface area contributed by atoms with Crippen molar-refractivity contribution in [3.63, 3.8) is 0 Å². The zero-order chi connectivity index (χ0) is 20.2. The highest BCUT2D eigenvalue weighted by Crippen LogP contribution is 2.03. The van der Waals surface area contributed by atoms with E-state index in [4.69, 9.17) is 10.5 Å². The topological polar surface area (TPSA) is 177 Å². The average molecular weight is 381 g/mol. The molecule has 0 aliphatic carbocycles. The van der Waals surface area contributed by atoms with Gasteiger partial charge >= 0.3 is 5.97 Å². The minimum absolute atomic E-state index is 0.240. The molecule has 1 rings (SSSR count). The first-order valence-corrected chi connectivity index (χ1v) is 8.31. The zero-order valence-corrected chi connectivity index (χ0v) is 15.1. The van der Waals surface area contributed by atoms with E-state index < -0.39 is 23.1 Å². The molecule has 1 aromatic rings. The van der Waals surface area contributed by atoms with Gasteiger partial charge in [0.15, 0.2) is 11.1 Å². The van der Waals surface area contributed by atoms with Gasteiger partial charge in [0.25, 0.3) is 11.9 Å². The van der Waals surface area contributed by atoms with E-state index in [0.717, 1.165) is 5.56 Å². The van der Waals surface area contributed by atoms with Crippen molar-refractivity contribution in [3.8, 4) is 0 Å². The maximum absolute atomic E-state index is 12.3. The molecule has 11 nitrogen and oxygen atoms in total. The van der Waals surface area contributed by atoms with Crippen LogP contribution in [0.4, 0.5) is 0 Å². The number of hydrogen-bond acceptors (Lipinski definition) is 5. The number of hydrogen-bond donors (Lipinski definition) is 4. The van der Waals surface area contributed by atoms with Gasteiger partial charge in [0.2, 0.25) is 0 Å². The number of nitrogens with zero attached hydrogens (tertiary/aromatic N) is 2. The fourth-order valence-corrected chi connectivity index (χ4v) is 2.32. The summed E-state index contributed by atoms with van der Waals surface area (Å²) < 4.78 is 4.71. The Bertz CT molecular complexity index is 667. The van der Waals surface area contributed by atoms with Gasteiger partial charge < -0.3 is 26.8 Å². The molecule has 7 N–H and O–H groups in total. The summed E-state index contributed by atoms with van der Waals surface area (Å²) in [5.41, 5.74) is 10.1. The van der Waals surface area contributed by atoms with Crippen LogP contribution in [0, 0.1) is 10.1 Å². The Morgan fingerprint density at radius 1 is 1.37 bits per heavy atom. The molecule has 148 valence electrons. The van der Waals surface area contributed by atoms with Gasteiger partial charge in [-0.1, -0.05) is 30.3 Å². The van der Waals surface area contributed by atoms with Gasteiger partial charge in [-0.05, 0) is 18.4 Å². The van der Waals surface area contributed by atoms with E-state index in [9.17, 15) is 19.7 Å². The second-order valence-corrected chi connectivity index (χ2v) is 5.76. The number of rotatable bonds is 10. The lowest BCUT2D eigenvalue weighted by molar-refractivity contribution is -0.485. The number of ether oxygens (including phenoxy) is 1. The first-order valence-electron chi connectivity index (χ1n) is 8.31. The third-order valence-corrected chi connectivity index (χ3v) is 3.66. The van der Waals surface area contributed by atoms with Crippen molar-refractivity contribution in [1.82, 2.24) is 10.6 Å². The first kappa shape index (κ1) is 21.8. The number of methoxy groups -OCH3 is 1. The summed E-state index contributed by atoms with van der Waals surface area (Å²) in [5, 5.41) is 17.3. The lowest BCUT2D eigenvalue weighted by Gasteiger charge is -2.18. The van der Waals surface area contributed by atoms with Crippen molar-refractivity contribution in [2.24, 2.45) is 10.8 Å². The molecule has 2 atom stereocenters. The van der Waals surface area contributed by atoms with Crippen LogP contribution in [0.3, 0.4) is 0 Å². The molecule has 1 aromatic carbocycles. The Balaban J connectivity index is 2.52. The van der Waals surface area contributed by atoms with E-state index in [-0.39, 0.29) is 24.8 Å². The maximum atomic E-state index is 12.3. The van der Waals surface area contributed by atoms with Crippen LogP contribution in [0.15, 0.2) is 35.4 Å². The van der Waals surface area contributed by atoms with Gasteiger partial charge in [-0.15, -0.1) is 0 Å². The third kappa shape index (κ3) is 8.63. The number of quaternary nitrogens is 1. The minimum Gasteiger partial charge on any atom is -0.467 e. The van der Waals surface area contributed by atoms with E-state index in [1.807, 2.05) is 30.3 Å². The predicted molar refractivity (Wildman–Crippen MR) is 96.6 cm³/mol. The molecule has 0 saturated heterocycles. The van der Waals surface area contributed by atoms with Gasteiger partial charge in [-0.25, -0.2) is 14.9 Å². The summed E-state index contributed by atoms with van der Waals surface area (Å²) in [7, 11) is 1.23. The number of carbonyl (C=O) groups is 2. The van der Waals surface area contributed by atoms with Crippen LogP contribution in [0.5, 0.6) is 0 Å². The number of amides is 1. The summed E-state index contributed by atoms with van der Waals surface area (Å²) in [6, 6.07) is 8.00. The van der Waals surface area contributed by atoms with Crippen molar-refractivity contribution in [2.75, 3.05) is 13.7 Å². The Morgan fingerprint density at radius 3 is 2.63 bits per heavy atom. The second-order valence-electron chi connectivity index (χ2n) is 5.76. The molecule has 0 heterocycles. The van der Waals surface area contributed by atoms with E-state index in [1.54, 1.807) is 0 Å². The van der Waals surface area contributed by atoms with Gasteiger partial charge in [-0.3, -0.25) is 4.79 Å². The molecule has 0 radical (unpaired) electrons. The summed E-state index contributed by atoms with van der Waals surface area (Å²) in [4.78, 5) is 34.4. The van der Waals surface area contributed by atoms with E-state index >= 15 is 0 Å². The molecule has 0 aromatic heterocycles. The second kappa shape index (κ2) is 11.4. The van der Waals surface area contributed by atoms with Crippen molar-refractivity contribution in [1.29, 1.82) is 0 Å². The number of carbonyl (C=O) groups excluding carboxylic acids is 2. The van der Waals surface area contributed by atoms with E-state index in [2.05, 4.69) is 21.5 Å². The van der Waals surface area contributed by atoms with Gasteiger partial charge in [-0.2, -0.15) is 0 Å². The Kier molecular flexibility index (Phi) is 9.23. The highest BCUT2D eigenvalue weighted by Gasteiger charge is 2.26. The molecule has 1 amide bonds. The molecular weight excluding hydrogens is 356 g/mol. The number of nitrogens with two attached hydrogens (primary N) is 1. The third-order valence-electron chi connectivity index (χ3n) is 3.66. The molecular formula is C16H25N6O5+. The number of esters is 1. The molecule has 0 spiro atoms. The van der Waals surface area contributed by atoms with Gasteiger partial charge in [0.1, 0.15) is 11.1 Å². The SMILES string of the molecule is COC(=O)[C@H](CCCN/C(N)=N/[N+](=O)[O-])NC(=O)[C@H]([NH3+])Cc1ccccc1. The van der Waals surface area contributed by atoms with Crippen molar-refractivity contribution < 1.29 is 25.1 Å². The van der Waals surface area contributed by atoms with Crippen LogP contribution in [-0.4, -0.2) is 48.6 Å². The molecule has 0 saturated carbocycles. The van der Waals surface area contributed by atoms with Crippen LogP contribution in [0.2, 0.25) is 0 Å². The van der Waals surface area contributed by atoms with Gasteiger partial charge in [0, 0.05) is 13.0 Å². The average Bonchev–Trinajstić information content (AvgIpc) is 2.63. The van der Waals surface area contributed by atoms with E-state index in [0.29, 0.717) is 12.8 Å². The van der Waals surface area contributed by atoms with Crippen LogP contribution in [-0.2, 0) is 20.7 Å². The Hall–Kier alpha value is -3.21. The number of benzene rings is 1. The lowest BCUT2D eigenvalue weighted by Crippen LogP contribution is -2.69. The van der Waals surface area contributed by atoms with Crippen molar-refractivity contribution in [2.45, 2.75) is 31.3 Å². The number of guanidine groups is 1. The first-order chi connectivity index (χ1) is 12.8. The van der Waals surface area contributed by atoms with Crippen LogP contribution in [0.25, 0.3) is 0 Å². The number of nitro groups is 1. The Morgan fingerprint density at radius 2 is 2.04 bits per heavy atom. The molecule has 11 heteroatoms. The van der Waals surface area contributed by atoms with Gasteiger partial charge in [0.05, 0.1) is 7.11 Å². The zero-order valence-electron chi connectivity index (χ0n) is 15.1. The largest absolute Gasteiger partial charge is 0.467 e. The highest BCUT2D eigenvalue weighted by molar-refractivity contribution is 5.86. The monoisotopic (exact) mass is 381 g/mol. The van der Waals surface area contributed by atoms with Crippen molar-refractivity contribution in [3.05, 3.63) is 46.0 Å². The van der Waals surface area contributed by atoms with Crippen LogP contribution in [0.1, 0.15) is 18.4 Å². The number of nitrogens with one attached hydrogen (secondary N) is 2. The van der Waals surface area contributed by atoms with Crippen LogP contribution < -0.4 is 22.1 Å². The minimum atomic E-state index is -0.916.